The molecule has 136 valence electrons. The van der Waals surface area contributed by atoms with Gasteiger partial charge in [-0.2, -0.15) is 0 Å². The van der Waals surface area contributed by atoms with Crippen molar-refractivity contribution in [3.05, 3.63) is 32.7 Å². The smallest absolute Gasteiger partial charge is 0.233 e. The monoisotopic (exact) mass is 397 g/mol. The third-order valence-electron chi connectivity index (χ3n) is 4.82. The van der Waals surface area contributed by atoms with E-state index in [1.807, 2.05) is 19.2 Å². The second-order valence-electron chi connectivity index (χ2n) is 6.62. The minimum atomic E-state index is 0.116. The van der Waals surface area contributed by atoms with Gasteiger partial charge < -0.3 is 9.47 Å². The third-order valence-corrected chi connectivity index (χ3v) is 6.97. The van der Waals surface area contributed by atoms with E-state index in [-0.39, 0.29) is 5.91 Å². The number of imidazole rings is 1. The number of hydrogen-bond donors (Lipinski definition) is 0. The maximum Gasteiger partial charge on any atom is 0.233 e. The first-order chi connectivity index (χ1) is 12.0. The summed E-state index contributed by atoms with van der Waals surface area (Å²) in [6.45, 7) is 4.80. The molecule has 0 N–H and O–H groups in total. The van der Waals surface area contributed by atoms with E-state index in [9.17, 15) is 4.79 Å². The summed E-state index contributed by atoms with van der Waals surface area (Å²) in [7, 11) is 1.84. The highest BCUT2D eigenvalue weighted by atomic mass is 35.5. The Balaban J connectivity index is 1.62. The molecule has 0 atom stereocenters. The Bertz CT molecular complexity index is 750. The molecule has 1 saturated carbocycles. The number of aryl methyl sites for hydroxylation is 1. The topological polar surface area (TPSA) is 38.1 Å². The molecule has 2 aromatic heterocycles. The Morgan fingerprint density at radius 1 is 1.40 bits per heavy atom. The molecule has 0 unspecified atom stereocenters. The Morgan fingerprint density at radius 3 is 2.76 bits per heavy atom. The highest BCUT2D eigenvalue weighted by Crippen LogP contribution is 2.35. The fraction of sp³-hybridized carbons (Fsp3) is 0.556. The van der Waals surface area contributed by atoms with Crippen molar-refractivity contribution in [3.8, 4) is 0 Å². The van der Waals surface area contributed by atoms with Gasteiger partial charge in [-0.3, -0.25) is 4.79 Å². The molecule has 1 amide bonds. The number of thiophene rings is 1. The number of thioether (sulfide) groups is 1. The lowest BCUT2D eigenvalue weighted by Gasteiger charge is -2.18. The molecule has 25 heavy (non-hydrogen) atoms. The summed E-state index contributed by atoms with van der Waals surface area (Å²) in [5, 5.41) is 0.989. The van der Waals surface area contributed by atoms with Crippen LogP contribution in [0.5, 0.6) is 0 Å². The molecule has 0 spiro atoms. The van der Waals surface area contributed by atoms with Gasteiger partial charge >= 0.3 is 0 Å². The lowest BCUT2D eigenvalue weighted by Crippen LogP contribution is -2.27. The van der Waals surface area contributed by atoms with Gasteiger partial charge in [-0.15, -0.1) is 11.3 Å². The van der Waals surface area contributed by atoms with Crippen molar-refractivity contribution < 1.29 is 4.79 Å². The minimum absolute atomic E-state index is 0.116. The molecule has 3 rings (SSSR count). The van der Waals surface area contributed by atoms with Crippen LogP contribution in [0.15, 0.2) is 17.3 Å². The van der Waals surface area contributed by atoms with Gasteiger partial charge in [-0.1, -0.05) is 36.2 Å². The first-order valence-electron chi connectivity index (χ1n) is 8.62. The van der Waals surface area contributed by atoms with Gasteiger partial charge in [-0.05, 0) is 38.8 Å². The predicted molar refractivity (Wildman–Crippen MR) is 106 cm³/mol. The second-order valence-corrected chi connectivity index (χ2v) is 9.36. The van der Waals surface area contributed by atoms with Crippen LogP contribution in [-0.4, -0.2) is 33.2 Å². The molecule has 2 aromatic rings. The molecule has 1 aliphatic rings. The maximum atomic E-state index is 12.5. The van der Waals surface area contributed by atoms with E-state index in [2.05, 4.69) is 18.4 Å². The number of halogens is 1. The Labute approximate surface area is 162 Å². The summed E-state index contributed by atoms with van der Waals surface area (Å²) in [5.41, 5.74) is 2.31. The standard InChI is InChI=1S/C18H24ClN3OS2/c1-12-13(2)22(14-6-4-5-7-14)18(20-12)24-11-17(23)21(3)10-15-8-9-16(19)25-15/h8-9,14H,4-7,10-11H2,1-3H3. The third kappa shape index (κ3) is 4.41. The van der Waals surface area contributed by atoms with E-state index in [4.69, 9.17) is 16.6 Å². The SMILES string of the molecule is Cc1nc(SCC(=O)N(C)Cc2ccc(Cl)s2)n(C2CCCC2)c1C. The van der Waals surface area contributed by atoms with Crippen molar-refractivity contribution in [1.82, 2.24) is 14.5 Å². The molecule has 0 aliphatic heterocycles. The van der Waals surface area contributed by atoms with Crippen LogP contribution in [0.2, 0.25) is 4.34 Å². The number of carbonyl (C=O) groups excluding carboxylic acids is 1. The summed E-state index contributed by atoms with van der Waals surface area (Å²) in [5.74, 6) is 0.531. The zero-order valence-corrected chi connectivity index (χ0v) is 17.3. The summed E-state index contributed by atoms with van der Waals surface area (Å²) in [6.07, 6.45) is 5.02. The average molecular weight is 398 g/mol. The van der Waals surface area contributed by atoms with Crippen molar-refractivity contribution in [2.45, 2.75) is 57.3 Å². The normalized spacial score (nSPS) is 15.0. The molecular weight excluding hydrogens is 374 g/mol. The summed E-state index contributed by atoms with van der Waals surface area (Å²) < 4.78 is 3.12. The maximum absolute atomic E-state index is 12.5. The van der Waals surface area contributed by atoms with Gasteiger partial charge in [0, 0.05) is 23.7 Å². The first-order valence-corrected chi connectivity index (χ1v) is 10.8. The Hall–Kier alpha value is -0.980. The number of carbonyl (C=O) groups is 1. The largest absolute Gasteiger partial charge is 0.340 e. The molecule has 7 heteroatoms. The fourth-order valence-corrected chi connectivity index (χ4v) is 5.53. The van der Waals surface area contributed by atoms with Crippen LogP contribution in [0.4, 0.5) is 0 Å². The van der Waals surface area contributed by atoms with E-state index in [1.54, 1.807) is 16.7 Å². The predicted octanol–water partition coefficient (Wildman–Crippen LogP) is 5.08. The molecule has 2 heterocycles. The highest BCUT2D eigenvalue weighted by Gasteiger charge is 2.24. The van der Waals surface area contributed by atoms with E-state index in [1.165, 1.54) is 42.7 Å². The number of amides is 1. The number of aromatic nitrogens is 2. The molecule has 0 saturated heterocycles. The average Bonchev–Trinajstić information content (AvgIpc) is 3.28. The van der Waals surface area contributed by atoms with Crippen molar-refractivity contribution in [2.24, 2.45) is 0 Å². The zero-order chi connectivity index (χ0) is 18.0. The van der Waals surface area contributed by atoms with Crippen molar-refractivity contribution in [3.63, 3.8) is 0 Å². The molecule has 0 radical (unpaired) electrons. The lowest BCUT2D eigenvalue weighted by atomic mass is 10.2. The fourth-order valence-electron chi connectivity index (χ4n) is 3.29. The molecule has 0 bridgehead atoms. The van der Waals surface area contributed by atoms with Crippen molar-refractivity contribution in [2.75, 3.05) is 12.8 Å². The zero-order valence-electron chi connectivity index (χ0n) is 14.9. The van der Waals surface area contributed by atoms with E-state index in [0.29, 0.717) is 18.3 Å². The Morgan fingerprint density at radius 2 is 2.12 bits per heavy atom. The molecule has 0 aromatic carbocycles. The highest BCUT2D eigenvalue weighted by molar-refractivity contribution is 7.99. The molecule has 4 nitrogen and oxygen atoms in total. The van der Waals surface area contributed by atoms with Crippen LogP contribution < -0.4 is 0 Å². The van der Waals surface area contributed by atoms with Gasteiger partial charge in [0.1, 0.15) is 0 Å². The van der Waals surface area contributed by atoms with Crippen molar-refractivity contribution >= 4 is 40.6 Å². The van der Waals surface area contributed by atoms with Crippen LogP contribution in [0.3, 0.4) is 0 Å². The minimum Gasteiger partial charge on any atom is -0.340 e. The van der Waals surface area contributed by atoms with E-state index < -0.39 is 0 Å². The van der Waals surface area contributed by atoms with Gasteiger partial charge in [0.2, 0.25) is 5.91 Å². The van der Waals surface area contributed by atoms with Crippen LogP contribution >= 0.6 is 34.7 Å². The van der Waals surface area contributed by atoms with Gasteiger partial charge in [0.25, 0.3) is 0 Å². The van der Waals surface area contributed by atoms with Crippen LogP contribution in [0.1, 0.15) is 48.0 Å². The lowest BCUT2D eigenvalue weighted by molar-refractivity contribution is -0.127. The molecule has 1 aliphatic carbocycles. The number of hydrogen-bond acceptors (Lipinski definition) is 4. The van der Waals surface area contributed by atoms with Gasteiger partial charge in [0.15, 0.2) is 5.16 Å². The van der Waals surface area contributed by atoms with Gasteiger partial charge in [-0.25, -0.2) is 4.98 Å². The summed E-state index contributed by atoms with van der Waals surface area (Å²) in [6, 6.07) is 4.40. The Kier molecular flexibility index (Phi) is 6.12. The van der Waals surface area contributed by atoms with Crippen molar-refractivity contribution in [1.29, 1.82) is 0 Å². The quantitative estimate of drug-likeness (QED) is 0.638. The molecular formula is C18H24ClN3OS2. The molecule has 1 fully saturated rings. The summed E-state index contributed by atoms with van der Waals surface area (Å²) >= 11 is 9.04. The van der Waals surface area contributed by atoms with E-state index in [0.717, 1.165) is 20.1 Å². The van der Waals surface area contributed by atoms with Crippen LogP contribution in [0.25, 0.3) is 0 Å². The second kappa shape index (κ2) is 8.14. The van der Waals surface area contributed by atoms with Gasteiger partial charge in [0.05, 0.1) is 22.3 Å². The van der Waals surface area contributed by atoms with Crippen LogP contribution in [-0.2, 0) is 11.3 Å². The van der Waals surface area contributed by atoms with Crippen LogP contribution in [0, 0.1) is 13.8 Å². The number of nitrogens with zero attached hydrogens (tertiary/aromatic N) is 3. The first kappa shape index (κ1) is 18.8. The number of rotatable bonds is 6. The van der Waals surface area contributed by atoms with E-state index >= 15 is 0 Å². The summed E-state index contributed by atoms with van der Waals surface area (Å²) in [4.78, 5) is 20.1.